The predicted molar refractivity (Wildman–Crippen MR) is 78.6 cm³/mol. The molecule has 0 bridgehead atoms. The van der Waals surface area contributed by atoms with Crippen LogP contribution in [0.2, 0.25) is 0 Å². The van der Waals surface area contributed by atoms with E-state index in [1.807, 2.05) is 12.1 Å². The molecule has 0 unspecified atom stereocenters. The molecule has 0 saturated heterocycles. The molecule has 0 spiro atoms. The third-order valence-corrected chi connectivity index (χ3v) is 4.13. The molecule has 0 fully saturated rings. The van der Waals surface area contributed by atoms with Crippen molar-refractivity contribution in [3.05, 3.63) is 69.3 Å². The molecule has 2 rings (SSSR count). The van der Waals surface area contributed by atoms with E-state index in [4.69, 9.17) is 0 Å². The molecule has 0 heterocycles. The van der Waals surface area contributed by atoms with Crippen LogP contribution in [0.25, 0.3) is 0 Å². The molecule has 3 nitrogen and oxygen atoms in total. The summed E-state index contributed by atoms with van der Waals surface area (Å²) in [4.78, 5) is 11.8. The number of benzene rings is 2. The average Bonchev–Trinajstić information content (AvgIpc) is 2.38. The summed E-state index contributed by atoms with van der Waals surface area (Å²) in [5.74, 6) is 0.612. The van der Waals surface area contributed by atoms with Crippen LogP contribution in [0.3, 0.4) is 0 Å². The van der Waals surface area contributed by atoms with E-state index in [-0.39, 0.29) is 10.6 Å². The van der Waals surface area contributed by atoms with Crippen LogP contribution in [0.5, 0.6) is 0 Å². The molecule has 98 valence electrons. The number of hydrogen-bond acceptors (Lipinski definition) is 3. The lowest BCUT2D eigenvalue weighted by molar-refractivity contribution is -0.385. The van der Waals surface area contributed by atoms with Crippen LogP contribution in [0.15, 0.2) is 47.4 Å². The smallest absolute Gasteiger partial charge is 0.258 e. The fourth-order valence-corrected chi connectivity index (χ4v) is 2.93. The van der Waals surface area contributed by atoms with Crippen molar-refractivity contribution in [3.8, 4) is 0 Å². The summed E-state index contributed by atoms with van der Waals surface area (Å²) in [5, 5.41) is 10.9. The lowest BCUT2D eigenvalue weighted by Crippen LogP contribution is -1.93. The number of para-hydroxylation sites is 1. The number of aryl methyl sites for hydroxylation is 2. The zero-order valence-electron chi connectivity index (χ0n) is 10.9. The maximum Gasteiger partial charge on any atom is 0.273 e. The fraction of sp³-hybridized carbons (Fsp3) is 0.200. The van der Waals surface area contributed by atoms with Gasteiger partial charge in [-0.1, -0.05) is 35.9 Å². The molecule has 0 radical (unpaired) electrons. The van der Waals surface area contributed by atoms with Crippen LogP contribution < -0.4 is 0 Å². The molecule has 19 heavy (non-hydrogen) atoms. The molecule has 4 heteroatoms. The van der Waals surface area contributed by atoms with E-state index in [1.54, 1.807) is 23.9 Å². The van der Waals surface area contributed by atoms with Crippen molar-refractivity contribution in [1.29, 1.82) is 0 Å². The predicted octanol–water partition coefficient (Wildman–Crippen LogP) is 4.50. The summed E-state index contributed by atoms with van der Waals surface area (Å²) >= 11 is 1.64. The zero-order chi connectivity index (χ0) is 13.8. The molecular weight excluding hydrogens is 258 g/mol. The van der Waals surface area contributed by atoms with Gasteiger partial charge >= 0.3 is 0 Å². The molecule has 0 aromatic heterocycles. The normalized spacial score (nSPS) is 10.4. The molecule has 0 saturated carbocycles. The van der Waals surface area contributed by atoms with Gasteiger partial charge < -0.3 is 0 Å². The Morgan fingerprint density at radius 2 is 1.89 bits per heavy atom. The van der Waals surface area contributed by atoms with Crippen molar-refractivity contribution in [2.75, 3.05) is 0 Å². The molecule has 0 N–H and O–H groups in total. The van der Waals surface area contributed by atoms with E-state index in [9.17, 15) is 10.1 Å². The zero-order valence-corrected chi connectivity index (χ0v) is 11.7. The Morgan fingerprint density at radius 3 is 2.58 bits per heavy atom. The van der Waals surface area contributed by atoms with Gasteiger partial charge in [0.1, 0.15) is 0 Å². The van der Waals surface area contributed by atoms with E-state index in [2.05, 4.69) is 32.0 Å². The molecule has 0 amide bonds. The third kappa shape index (κ3) is 3.35. The summed E-state index contributed by atoms with van der Waals surface area (Å²) in [6.45, 7) is 4.12. The van der Waals surface area contributed by atoms with Crippen molar-refractivity contribution >= 4 is 17.4 Å². The minimum Gasteiger partial charge on any atom is -0.258 e. The standard InChI is InChI=1S/C15H15NO2S/c1-11-7-8-15(12(2)9-11)19-10-13-5-3-4-6-14(13)16(17)18/h3-9H,10H2,1-2H3. The maximum atomic E-state index is 10.9. The second kappa shape index (κ2) is 5.89. The summed E-state index contributed by atoms with van der Waals surface area (Å²) < 4.78 is 0. The van der Waals surface area contributed by atoms with Crippen LogP contribution in [0, 0.1) is 24.0 Å². The summed E-state index contributed by atoms with van der Waals surface area (Å²) in [6, 6.07) is 13.2. The Hall–Kier alpha value is -1.81. The quantitative estimate of drug-likeness (QED) is 0.468. The van der Waals surface area contributed by atoms with Gasteiger partial charge in [0.25, 0.3) is 5.69 Å². The van der Waals surface area contributed by atoms with Gasteiger partial charge in [-0.15, -0.1) is 11.8 Å². The van der Waals surface area contributed by atoms with E-state index in [0.29, 0.717) is 5.75 Å². The third-order valence-electron chi connectivity index (χ3n) is 2.90. The van der Waals surface area contributed by atoms with Gasteiger partial charge in [0.15, 0.2) is 0 Å². The van der Waals surface area contributed by atoms with Crippen LogP contribution in [-0.2, 0) is 5.75 Å². The first-order valence-electron chi connectivity index (χ1n) is 6.00. The second-order valence-electron chi connectivity index (χ2n) is 4.44. The largest absolute Gasteiger partial charge is 0.273 e. The first-order chi connectivity index (χ1) is 9.08. The van der Waals surface area contributed by atoms with Crippen molar-refractivity contribution in [1.82, 2.24) is 0 Å². The summed E-state index contributed by atoms with van der Waals surface area (Å²) in [5.41, 5.74) is 3.40. The minimum atomic E-state index is -0.322. The van der Waals surface area contributed by atoms with E-state index < -0.39 is 0 Å². The number of hydrogen-bond donors (Lipinski definition) is 0. The number of thioether (sulfide) groups is 1. The van der Waals surface area contributed by atoms with Crippen LogP contribution in [0.4, 0.5) is 5.69 Å². The second-order valence-corrected chi connectivity index (χ2v) is 5.46. The van der Waals surface area contributed by atoms with E-state index >= 15 is 0 Å². The molecule has 2 aromatic carbocycles. The monoisotopic (exact) mass is 273 g/mol. The van der Waals surface area contributed by atoms with Crippen molar-refractivity contribution < 1.29 is 4.92 Å². The van der Waals surface area contributed by atoms with Crippen molar-refractivity contribution in [2.24, 2.45) is 0 Å². The van der Waals surface area contributed by atoms with Crippen LogP contribution in [-0.4, -0.2) is 4.92 Å². The number of nitro groups is 1. The van der Waals surface area contributed by atoms with Crippen LogP contribution in [0.1, 0.15) is 16.7 Å². The van der Waals surface area contributed by atoms with Gasteiger partial charge in [-0.25, -0.2) is 0 Å². The summed E-state index contributed by atoms with van der Waals surface area (Å²) in [7, 11) is 0. The van der Waals surface area contributed by atoms with Gasteiger partial charge in [0.2, 0.25) is 0 Å². The van der Waals surface area contributed by atoms with E-state index in [1.165, 1.54) is 16.0 Å². The first kappa shape index (κ1) is 13.6. The molecular formula is C15H15NO2S. The Morgan fingerprint density at radius 1 is 1.16 bits per heavy atom. The maximum absolute atomic E-state index is 10.9. The SMILES string of the molecule is Cc1ccc(SCc2ccccc2[N+](=O)[O-])c(C)c1. The Balaban J connectivity index is 2.17. The number of nitrogens with zero attached hydrogens (tertiary/aromatic N) is 1. The molecule has 0 aliphatic rings. The molecule has 0 aliphatic heterocycles. The van der Waals surface area contributed by atoms with Gasteiger partial charge in [0, 0.05) is 22.3 Å². The highest BCUT2D eigenvalue weighted by molar-refractivity contribution is 7.98. The highest BCUT2D eigenvalue weighted by Crippen LogP contribution is 2.30. The lowest BCUT2D eigenvalue weighted by atomic mass is 10.2. The Kier molecular flexibility index (Phi) is 4.22. The molecule has 0 aliphatic carbocycles. The molecule has 2 aromatic rings. The molecule has 0 atom stereocenters. The average molecular weight is 273 g/mol. The number of nitro benzene ring substituents is 1. The topological polar surface area (TPSA) is 43.1 Å². The fourth-order valence-electron chi connectivity index (χ4n) is 1.93. The Bertz CT molecular complexity index is 611. The lowest BCUT2D eigenvalue weighted by Gasteiger charge is -2.07. The highest BCUT2D eigenvalue weighted by Gasteiger charge is 2.12. The van der Waals surface area contributed by atoms with Crippen molar-refractivity contribution in [2.45, 2.75) is 24.5 Å². The number of rotatable bonds is 4. The van der Waals surface area contributed by atoms with Gasteiger partial charge in [-0.2, -0.15) is 0 Å². The summed E-state index contributed by atoms with van der Waals surface area (Å²) in [6.07, 6.45) is 0. The van der Waals surface area contributed by atoms with Gasteiger partial charge in [-0.05, 0) is 25.5 Å². The minimum absolute atomic E-state index is 0.194. The van der Waals surface area contributed by atoms with E-state index in [0.717, 1.165) is 5.56 Å². The van der Waals surface area contributed by atoms with Gasteiger partial charge in [-0.3, -0.25) is 10.1 Å². The van der Waals surface area contributed by atoms with Gasteiger partial charge in [0.05, 0.1) is 4.92 Å². The Labute approximate surface area is 116 Å². The van der Waals surface area contributed by atoms with Crippen LogP contribution >= 0.6 is 11.8 Å². The highest BCUT2D eigenvalue weighted by atomic mass is 32.2. The first-order valence-corrected chi connectivity index (χ1v) is 6.99. The van der Waals surface area contributed by atoms with Crippen molar-refractivity contribution in [3.63, 3.8) is 0 Å².